The standard InChI is InChI=1S/C27H37N3O5S/c1-2-34-25-11-5-6-12-26(25)35-20-15-27(31)28-23-21-22(36(32,33)30-18-9-4-10-19-30)13-14-24(23)29-16-7-3-8-17-29/h5-6,11-14,21H,2-4,7-10,15-20H2,1H3,(H,28,31). The third-order valence-corrected chi connectivity index (χ3v) is 8.52. The van der Waals surface area contributed by atoms with Gasteiger partial charge in [-0.3, -0.25) is 4.79 Å². The second-order valence-electron chi connectivity index (χ2n) is 9.22. The molecule has 0 unspecified atom stereocenters. The number of nitrogens with zero attached hydrogens (tertiary/aromatic N) is 2. The van der Waals surface area contributed by atoms with Crippen LogP contribution in [0.5, 0.6) is 11.5 Å². The summed E-state index contributed by atoms with van der Waals surface area (Å²) in [4.78, 5) is 15.4. The zero-order chi connectivity index (χ0) is 25.4. The normalized spacial score (nSPS) is 17.0. The maximum absolute atomic E-state index is 13.3. The number of para-hydroxylation sites is 2. The van der Waals surface area contributed by atoms with Crippen molar-refractivity contribution in [2.45, 2.75) is 56.8 Å². The summed E-state index contributed by atoms with van der Waals surface area (Å²) >= 11 is 0. The van der Waals surface area contributed by atoms with Gasteiger partial charge in [0.2, 0.25) is 15.9 Å². The van der Waals surface area contributed by atoms with Gasteiger partial charge in [0.15, 0.2) is 11.5 Å². The molecule has 0 bridgehead atoms. The Morgan fingerprint density at radius 3 is 2.19 bits per heavy atom. The van der Waals surface area contributed by atoms with Gasteiger partial charge < -0.3 is 19.7 Å². The monoisotopic (exact) mass is 515 g/mol. The van der Waals surface area contributed by atoms with Gasteiger partial charge in [0.05, 0.1) is 35.9 Å². The van der Waals surface area contributed by atoms with E-state index in [9.17, 15) is 13.2 Å². The van der Waals surface area contributed by atoms with Gasteiger partial charge in [0.1, 0.15) is 0 Å². The topological polar surface area (TPSA) is 88.2 Å². The van der Waals surface area contributed by atoms with Gasteiger partial charge in [-0.05, 0) is 69.4 Å². The van der Waals surface area contributed by atoms with E-state index >= 15 is 0 Å². The van der Waals surface area contributed by atoms with E-state index in [1.165, 1.54) is 6.42 Å². The first kappa shape index (κ1) is 26.3. The van der Waals surface area contributed by atoms with E-state index in [1.807, 2.05) is 37.3 Å². The average Bonchev–Trinajstić information content (AvgIpc) is 2.91. The van der Waals surface area contributed by atoms with Gasteiger partial charge in [-0.2, -0.15) is 4.31 Å². The molecule has 8 nitrogen and oxygen atoms in total. The lowest BCUT2D eigenvalue weighted by atomic mass is 10.1. The summed E-state index contributed by atoms with van der Waals surface area (Å²) in [5.74, 6) is 1.01. The van der Waals surface area contributed by atoms with Crippen LogP contribution in [-0.2, 0) is 14.8 Å². The summed E-state index contributed by atoms with van der Waals surface area (Å²) in [6.45, 7) is 5.47. The number of hydrogen-bond donors (Lipinski definition) is 1. The second-order valence-corrected chi connectivity index (χ2v) is 11.2. The number of ether oxygens (including phenoxy) is 2. The van der Waals surface area contributed by atoms with Crippen LogP contribution < -0.4 is 19.7 Å². The van der Waals surface area contributed by atoms with Crippen molar-refractivity contribution in [2.75, 3.05) is 49.6 Å². The number of carbonyl (C=O) groups excluding carboxylic acids is 1. The lowest BCUT2D eigenvalue weighted by Gasteiger charge is -2.31. The third kappa shape index (κ3) is 6.50. The number of hydrogen-bond acceptors (Lipinski definition) is 6. The molecule has 2 saturated heterocycles. The fourth-order valence-electron chi connectivity index (χ4n) is 4.75. The number of piperidine rings is 2. The minimum absolute atomic E-state index is 0.128. The average molecular weight is 516 g/mol. The van der Waals surface area contributed by atoms with Crippen molar-refractivity contribution in [1.29, 1.82) is 0 Å². The minimum atomic E-state index is -3.61. The molecular formula is C27H37N3O5S. The van der Waals surface area contributed by atoms with E-state index in [-0.39, 0.29) is 23.8 Å². The summed E-state index contributed by atoms with van der Waals surface area (Å²) in [6.07, 6.45) is 6.27. The van der Waals surface area contributed by atoms with Crippen LogP contribution in [0, 0.1) is 0 Å². The van der Waals surface area contributed by atoms with Crippen LogP contribution in [0.25, 0.3) is 0 Å². The van der Waals surface area contributed by atoms with Gasteiger partial charge in [0, 0.05) is 26.2 Å². The molecule has 4 rings (SSSR count). The molecule has 2 aromatic carbocycles. The highest BCUT2D eigenvalue weighted by atomic mass is 32.2. The summed E-state index contributed by atoms with van der Waals surface area (Å²) in [6, 6.07) is 12.5. The van der Waals surface area contributed by atoms with Crippen molar-refractivity contribution in [2.24, 2.45) is 0 Å². The molecule has 2 fully saturated rings. The van der Waals surface area contributed by atoms with Crippen molar-refractivity contribution < 1.29 is 22.7 Å². The first-order chi connectivity index (χ1) is 17.5. The van der Waals surface area contributed by atoms with E-state index in [0.29, 0.717) is 36.9 Å². The zero-order valence-corrected chi connectivity index (χ0v) is 21.9. The smallest absolute Gasteiger partial charge is 0.243 e. The van der Waals surface area contributed by atoms with E-state index in [0.717, 1.165) is 50.9 Å². The molecule has 0 spiro atoms. The minimum Gasteiger partial charge on any atom is -0.490 e. The number of carbonyl (C=O) groups is 1. The molecule has 2 heterocycles. The number of benzene rings is 2. The molecule has 2 aromatic rings. The van der Waals surface area contributed by atoms with Gasteiger partial charge in [-0.1, -0.05) is 18.6 Å². The third-order valence-electron chi connectivity index (χ3n) is 6.63. The highest BCUT2D eigenvalue weighted by Crippen LogP contribution is 2.33. The Bertz CT molecular complexity index is 1130. The Morgan fingerprint density at radius 1 is 0.889 bits per heavy atom. The summed E-state index contributed by atoms with van der Waals surface area (Å²) < 4.78 is 39.5. The molecule has 2 aliphatic rings. The van der Waals surface area contributed by atoms with Gasteiger partial charge in [-0.15, -0.1) is 0 Å². The lowest BCUT2D eigenvalue weighted by molar-refractivity contribution is -0.116. The van der Waals surface area contributed by atoms with Crippen LogP contribution in [0.2, 0.25) is 0 Å². The highest BCUT2D eigenvalue weighted by molar-refractivity contribution is 7.89. The summed E-state index contributed by atoms with van der Waals surface area (Å²) in [7, 11) is -3.61. The zero-order valence-electron chi connectivity index (χ0n) is 21.1. The van der Waals surface area contributed by atoms with Crippen molar-refractivity contribution in [3.63, 3.8) is 0 Å². The van der Waals surface area contributed by atoms with Crippen LogP contribution in [-0.4, -0.2) is 58.0 Å². The van der Waals surface area contributed by atoms with E-state index in [4.69, 9.17) is 9.47 Å². The van der Waals surface area contributed by atoms with Crippen LogP contribution in [0.1, 0.15) is 51.9 Å². The van der Waals surface area contributed by atoms with Crippen LogP contribution >= 0.6 is 0 Å². The molecule has 36 heavy (non-hydrogen) atoms. The summed E-state index contributed by atoms with van der Waals surface area (Å²) in [5, 5.41) is 2.97. The van der Waals surface area contributed by atoms with Crippen molar-refractivity contribution in [1.82, 2.24) is 4.31 Å². The molecule has 1 N–H and O–H groups in total. The summed E-state index contributed by atoms with van der Waals surface area (Å²) in [5.41, 5.74) is 1.40. The highest BCUT2D eigenvalue weighted by Gasteiger charge is 2.27. The molecule has 1 amide bonds. The second kappa shape index (κ2) is 12.5. The fraction of sp³-hybridized carbons (Fsp3) is 0.519. The molecule has 196 valence electrons. The van der Waals surface area contributed by atoms with E-state index < -0.39 is 10.0 Å². The molecule has 9 heteroatoms. The number of rotatable bonds is 10. The maximum Gasteiger partial charge on any atom is 0.243 e. The molecule has 0 saturated carbocycles. The van der Waals surface area contributed by atoms with E-state index in [1.54, 1.807) is 16.4 Å². The van der Waals surface area contributed by atoms with Gasteiger partial charge >= 0.3 is 0 Å². The van der Waals surface area contributed by atoms with Crippen molar-refractivity contribution in [3.05, 3.63) is 42.5 Å². The number of amides is 1. The van der Waals surface area contributed by atoms with Crippen LogP contribution in [0.15, 0.2) is 47.4 Å². The predicted molar refractivity (Wildman–Crippen MR) is 141 cm³/mol. The maximum atomic E-state index is 13.3. The van der Waals surface area contributed by atoms with Gasteiger partial charge in [0.25, 0.3) is 0 Å². The Labute approximate surface area is 214 Å². The molecule has 0 aromatic heterocycles. The van der Waals surface area contributed by atoms with Gasteiger partial charge in [-0.25, -0.2) is 8.42 Å². The first-order valence-corrected chi connectivity index (χ1v) is 14.5. The SMILES string of the molecule is CCOc1ccccc1OCCC(=O)Nc1cc(S(=O)(=O)N2CCCCC2)ccc1N1CCCCC1. The Balaban J connectivity index is 1.49. The molecule has 0 radical (unpaired) electrons. The van der Waals surface area contributed by atoms with Crippen LogP contribution in [0.4, 0.5) is 11.4 Å². The predicted octanol–water partition coefficient (Wildman–Crippen LogP) is 4.66. The van der Waals surface area contributed by atoms with Crippen molar-refractivity contribution in [3.8, 4) is 11.5 Å². The Kier molecular flexibility index (Phi) is 9.09. The fourth-order valence-corrected chi connectivity index (χ4v) is 6.30. The van der Waals surface area contributed by atoms with Crippen molar-refractivity contribution >= 4 is 27.3 Å². The van der Waals surface area contributed by atoms with E-state index in [2.05, 4.69) is 10.2 Å². The first-order valence-electron chi connectivity index (χ1n) is 13.0. The quantitative estimate of drug-likeness (QED) is 0.495. The number of anilines is 2. The Morgan fingerprint density at radius 2 is 1.53 bits per heavy atom. The lowest BCUT2D eigenvalue weighted by Crippen LogP contribution is -2.36. The largest absolute Gasteiger partial charge is 0.490 e. The molecule has 0 atom stereocenters. The molecular weight excluding hydrogens is 478 g/mol. The number of nitrogens with one attached hydrogen (secondary N) is 1. The number of sulfonamides is 1. The molecule has 0 aliphatic carbocycles. The molecule has 2 aliphatic heterocycles. The Hall–Kier alpha value is -2.78. The van der Waals surface area contributed by atoms with Crippen LogP contribution in [0.3, 0.4) is 0 Å².